The third kappa shape index (κ3) is 4.56. The smallest absolute Gasteiger partial charge is 0.335 e. The predicted octanol–water partition coefficient (Wildman–Crippen LogP) is 2.51. The van der Waals surface area contributed by atoms with Crippen molar-refractivity contribution in [3.8, 4) is 5.88 Å². The Balaban J connectivity index is 1.86. The third-order valence-corrected chi connectivity index (χ3v) is 3.36. The summed E-state index contributed by atoms with van der Waals surface area (Å²) in [7, 11) is 1.61. The Kier molecular flexibility index (Phi) is 5.49. The molecular weight excluding hydrogens is 280 g/mol. The van der Waals surface area contributed by atoms with Crippen LogP contribution in [-0.2, 0) is 13.0 Å². The normalized spacial score (nSPS) is 11.9. The van der Waals surface area contributed by atoms with Crippen molar-refractivity contribution in [3.05, 3.63) is 59.3 Å². The summed E-state index contributed by atoms with van der Waals surface area (Å²) in [6.07, 6.45) is 0.796. The fourth-order valence-corrected chi connectivity index (χ4v) is 2.13. The zero-order valence-corrected chi connectivity index (χ0v) is 12.7. The first-order valence-corrected chi connectivity index (χ1v) is 7.14. The van der Waals surface area contributed by atoms with Gasteiger partial charge in [-0.25, -0.2) is 9.78 Å². The molecule has 2 aromatic rings. The molecule has 0 aliphatic rings. The molecule has 0 aliphatic heterocycles. The highest BCUT2D eigenvalue weighted by Crippen LogP contribution is 2.09. The van der Waals surface area contributed by atoms with E-state index in [4.69, 9.17) is 9.84 Å². The van der Waals surface area contributed by atoms with Crippen LogP contribution in [0, 0.1) is 0 Å². The van der Waals surface area contributed by atoms with Gasteiger partial charge in [0.1, 0.15) is 0 Å². The lowest BCUT2D eigenvalue weighted by molar-refractivity contribution is 0.0697. The maximum Gasteiger partial charge on any atom is 0.335 e. The largest absolute Gasteiger partial charge is 0.481 e. The van der Waals surface area contributed by atoms with Gasteiger partial charge in [-0.3, -0.25) is 0 Å². The molecular formula is C17H20N2O3. The third-order valence-electron chi connectivity index (χ3n) is 3.36. The lowest BCUT2D eigenvalue weighted by Crippen LogP contribution is -2.27. The second-order valence-electron chi connectivity index (χ2n) is 5.16. The van der Waals surface area contributed by atoms with Gasteiger partial charge in [0.05, 0.1) is 12.7 Å². The highest BCUT2D eigenvalue weighted by atomic mass is 16.5. The number of hydrogen-bond acceptors (Lipinski definition) is 4. The van der Waals surface area contributed by atoms with Crippen LogP contribution in [0.15, 0.2) is 42.5 Å². The van der Waals surface area contributed by atoms with E-state index in [1.807, 2.05) is 30.3 Å². The summed E-state index contributed by atoms with van der Waals surface area (Å²) < 4.78 is 5.12. The zero-order chi connectivity index (χ0) is 15.9. The molecule has 0 saturated heterocycles. The first-order chi connectivity index (χ1) is 10.6. The Hall–Kier alpha value is -2.40. The molecule has 0 radical (unpaired) electrons. The lowest BCUT2D eigenvalue weighted by atomic mass is 10.1. The average Bonchev–Trinajstić information content (AvgIpc) is 2.53. The number of aromatic nitrogens is 1. The first kappa shape index (κ1) is 16.0. The van der Waals surface area contributed by atoms with Gasteiger partial charge in [-0.1, -0.05) is 18.2 Å². The standard InChI is InChI=1S/C17H20N2O3/c1-12(10-15-4-3-5-16(19-15)22-2)18-11-13-6-8-14(9-7-13)17(20)21/h3-9,12,18H,10-11H2,1-2H3,(H,20,21). The zero-order valence-electron chi connectivity index (χ0n) is 12.7. The SMILES string of the molecule is COc1cccc(CC(C)NCc2ccc(C(=O)O)cc2)n1. The van der Waals surface area contributed by atoms with Crippen LogP contribution in [0.1, 0.15) is 28.5 Å². The van der Waals surface area contributed by atoms with Crippen LogP contribution < -0.4 is 10.1 Å². The van der Waals surface area contributed by atoms with Gasteiger partial charge in [0, 0.05) is 30.8 Å². The summed E-state index contributed by atoms with van der Waals surface area (Å²) >= 11 is 0. The molecule has 1 aromatic heterocycles. The topological polar surface area (TPSA) is 71.5 Å². The van der Waals surface area contributed by atoms with Crippen molar-refractivity contribution in [1.82, 2.24) is 10.3 Å². The van der Waals surface area contributed by atoms with Gasteiger partial charge >= 0.3 is 5.97 Å². The molecule has 0 amide bonds. The number of aromatic carboxylic acids is 1. The van der Waals surface area contributed by atoms with Crippen LogP contribution in [0.3, 0.4) is 0 Å². The molecule has 116 valence electrons. The molecule has 1 atom stereocenters. The van der Waals surface area contributed by atoms with Crippen LogP contribution in [0.5, 0.6) is 5.88 Å². The van der Waals surface area contributed by atoms with E-state index < -0.39 is 5.97 Å². The Morgan fingerprint density at radius 1 is 1.27 bits per heavy atom. The molecule has 1 unspecified atom stereocenters. The summed E-state index contributed by atoms with van der Waals surface area (Å²) in [6.45, 7) is 2.78. The lowest BCUT2D eigenvalue weighted by Gasteiger charge is -2.14. The van der Waals surface area contributed by atoms with E-state index in [1.165, 1.54) is 0 Å². The van der Waals surface area contributed by atoms with Crippen molar-refractivity contribution in [2.45, 2.75) is 25.9 Å². The highest BCUT2D eigenvalue weighted by Gasteiger charge is 2.06. The summed E-state index contributed by atoms with van der Waals surface area (Å²) in [6, 6.07) is 12.9. The number of ether oxygens (including phenoxy) is 1. The summed E-state index contributed by atoms with van der Waals surface area (Å²) in [5, 5.41) is 12.3. The molecule has 2 N–H and O–H groups in total. The average molecular weight is 300 g/mol. The molecule has 2 rings (SSSR count). The highest BCUT2D eigenvalue weighted by molar-refractivity contribution is 5.87. The van der Waals surface area contributed by atoms with Gasteiger partial charge in [0.15, 0.2) is 0 Å². The van der Waals surface area contributed by atoms with Gasteiger partial charge < -0.3 is 15.2 Å². The van der Waals surface area contributed by atoms with E-state index in [2.05, 4.69) is 17.2 Å². The number of rotatable bonds is 7. The molecule has 0 fully saturated rings. The number of nitrogens with one attached hydrogen (secondary N) is 1. The molecule has 5 nitrogen and oxygen atoms in total. The number of benzene rings is 1. The van der Waals surface area contributed by atoms with E-state index >= 15 is 0 Å². The second kappa shape index (κ2) is 7.56. The van der Waals surface area contributed by atoms with Crippen molar-refractivity contribution in [3.63, 3.8) is 0 Å². The van der Waals surface area contributed by atoms with Crippen molar-refractivity contribution >= 4 is 5.97 Å². The van der Waals surface area contributed by atoms with Crippen LogP contribution in [0.2, 0.25) is 0 Å². The quantitative estimate of drug-likeness (QED) is 0.822. The summed E-state index contributed by atoms with van der Waals surface area (Å²) in [5.41, 5.74) is 2.33. The van der Waals surface area contributed by atoms with Crippen molar-refractivity contribution in [1.29, 1.82) is 0 Å². The van der Waals surface area contributed by atoms with Crippen molar-refractivity contribution < 1.29 is 14.6 Å². The van der Waals surface area contributed by atoms with Gasteiger partial charge in [-0.2, -0.15) is 0 Å². The Bertz CT molecular complexity index is 626. The van der Waals surface area contributed by atoms with E-state index in [0.717, 1.165) is 17.7 Å². The molecule has 0 spiro atoms. The number of pyridine rings is 1. The number of carboxylic acids is 1. The Labute approximate surface area is 130 Å². The van der Waals surface area contributed by atoms with E-state index in [-0.39, 0.29) is 6.04 Å². The van der Waals surface area contributed by atoms with E-state index in [9.17, 15) is 4.79 Å². The van der Waals surface area contributed by atoms with E-state index in [1.54, 1.807) is 19.2 Å². The van der Waals surface area contributed by atoms with Crippen LogP contribution >= 0.6 is 0 Å². The van der Waals surface area contributed by atoms with Crippen LogP contribution in [0.25, 0.3) is 0 Å². The molecule has 0 saturated carbocycles. The minimum Gasteiger partial charge on any atom is -0.481 e. The van der Waals surface area contributed by atoms with Crippen molar-refractivity contribution in [2.24, 2.45) is 0 Å². The fraction of sp³-hybridized carbons (Fsp3) is 0.294. The summed E-state index contributed by atoms with van der Waals surface area (Å²) in [5.74, 6) is -0.286. The van der Waals surface area contributed by atoms with Gasteiger partial charge in [0.2, 0.25) is 5.88 Å². The van der Waals surface area contributed by atoms with Gasteiger partial charge in [-0.15, -0.1) is 0 Å². The van der Waals surface area contributed by atoms with Gasteiger partial charge in [0.25, 0.3) is 0 Å². The number of nitrogens with zero attached hydrogens (tertiary/aromatic N) is 1. The second-order valence-corrected chi connectivity index (χ2v) is 5.16. The number of hydrogen-bond donors (Lipinski definition) is 2. The van der Waals surface area contributed by atoms with Gasteiger partial charge in [-0.05, 0) is 30.7 Å². The molecule has 5 heteroatoms. The predicted molar refractivity (Wildman–Crippen MR) is 84.2 cm³/mol. The first-order valence-electron chi connectivity index (χ1n) is 7.14. The van der Waals surface area contributed by atoms with Crippen molar-refractivity contribution in [2.75, 3.05) is 7.11 Å². The van der Waals surface area contributed by atoms with Crippen LogP contribution in [-0.4, -0.2) is 29.2 Å². The maximum atomic E-state index is 10.8. The molecule has 1 aromatic carbocycles. The molecule has 0 aliphatic carbocycles. The minimum absolute atomic E-state index is 0.249. The monoisotopic (exact) mass is 300 g/mol. The maximum absolute atomic E-state index is 10.8. The number of methoxy groups -OCH3 is 1. The van der Waals surface area contributed by atoms with Crippen LogP contribution in [0.4, 0.5) is 0 Å². The fourth-order valence-electron chi connectivity index (χ4n) is 2.13. The summed E-state index contributed by atoms with van der Waals surface area (Å²) in [4.78, 5) is 15.2. The minimum atomic E-state index is -0.906. The Morgan fingerprint density at radius 3 is 2.64 bits per heavy atom. The Morgan fingerprint density at radius 2 is 2.00 bits per heavy atom. The van der Waals surface area contributed by atoms with E-state index in [0.29, 0.717) is 18.0 Å². The number of carboxylic acid groups (broad SMARTS) is 1. The number of carbonyl (C=O) groups is 1. The molecule has 0 bridgehead atoms. The molecule has 1 heterocycles. The molecule has 22 heavy (non-hydrogen) atoms.